The fourth-order valence-electron chi connectivity index (χ4n) is 2.63. The number of pyridine rings is 1. The molecule has 0 saturated heterocycles. The molecule has 1 aromatic heterocycles. The van der Waals surface area contributed by atoms with Crippen LogP contribution < -0.4 is 15.2 Å². The summed E-state index contributed by atoms with van der Waals surface area (Å²) in [5.74, 6) is 1.88. The Morgan fingerprint density at radius 2 is 1.80 bits per heavy atom. The lowest BCUT2D eigenvalue weighted by molar-refractivity contribution is 0.173. The van der Waals surface area contributed by atoms with Crippen molar-refractivity contribution < 1.29 is 9.47 Å². The van der Waals surface area contributed by atoms with Gasteiger partial charge in [0, 0.05) is 6.07 Å². The summed E-state index contributed by atoms with van der Waals surface area (Å²) in [4.78, 5) is 4.43. The van der Waals surface area contributed by atoms with E-state index < -0.39 is 0 Å². The van der Waals surface area contributed by atoms with Crippen molar-refractivity contribution in [3.05, 3.63) is 12.1 Å². The molecule has 0 radical (unpaired) electrons. The van der Waals surface area contributed by atoms with Crippen LogP contribution in [0.5, 0.6) is 11.8 Å². The van der Waals surface area contributed by atoms with Gasteiger partial charge in [0.25, 0.3) is 0 Å². The molecular formula is C16H24N2O2. The number of nitrogens with zero attached hydrogens (tertiary/aromatic N) is 1. The first kappa shape index (κ1) is 13.5. The van der Waals surface area contributed by atoms with Crippen molar-refractivity contribution in [3.8, 4) is 11.8 Å². The summed E-state index contributed by atoms with van der Waals surface area (Å²) >= 11 is 0. The van der Waals surface area contributed by atoms with E-state index in [1.807, 2.05) is 12.1 Å². The van der Waals surface area contributed by atoms with Crippen LogP contribution in [0.3, 0.4) is 0 Å². The number of ether oxygens (including phenoxy) is 2. The van der Waals surface area contributed by atoms with Gasteiger partial charge in [-0.2, -0.15) is 4.98 Å². The molecule has 4 heteroatoms. The molecule has 0 bridgehead atoms. The quantitative estimate of drug-likeness (QED) is 0.835. The molecule has 0 atom stereocenters. The molecule has 2 aliphatic rings. The van der Waals surface area contributed by atoms with Gasteiger partial charge in [-0.1, -0.05) is 12.8 Å². The Hall–Kier alpha value is -1.45. The molecule has 20 heavy (non-hydrogen) atoms. The van der Waals surface area contributed by atoms with E-state index in [9.17, 15) is 0 Å². The molecule has 2 aliphatic carbocycles. The summed E-state index contributed by atoms with van der Waals surface area (Å²) < 4.78 is 11.7. The second-order valence-corrected chi connectivity index (χ2v) is 6.03. The smallest absolute Gasteiger partial charge is 0.240 e. The first-order chi connectivity index (χ1) is 9.81. The van der Waals surface area contributed by atoms with E-state index in [4.69, 9.17) is 15.2 Å². The third-order valence-electron chi connectivity index (χ3n) is 4.11. The third-order valence-corrected chi connectivity index (χ3v) is 4.11. The van der Waals surface area contributed by atoms with Gasteiger partial charge in [-0.3, -0.25) is 0 Å². The van der Waals surface area contributed by atoms with Crippen LogP contribution in [0.15, 0.2) is 12.1 Å². The number of hydrogen-bond acceptors (Lipinski definition) is 4. The predicted molar refractivity (Wildman–Crippen MR) is 79.0 cm³/mol. The van der Waals surface area contributed by atoms with Crippen LogP contribution >= 0.6 is 0 Å². The Balaban J connectivity index is 1.61. The van der Waals surface area contributed by atoms with Gasteiger partial charge in [0.15, 0.2) is 0 Å². The minimum absolute atomic E-state index is 0.296. The van der Waals surface area contributed by atoms with Gasteiger partial charge in [0.1, 0.15) is 6.10 Å². The van der Waals surface area contributed by atoms with E-state index in [1.54, 1.807) is 0 Å². The van der Waals surface area contributed by atoms with Gasteiger partial charge in [0.05, 0.1) is 12.3 Å². The van der Waals surface area contributed by atoms with Gasteiger partial charge < -0.3 is 15.2 Å². The molecule has 2 saturated carbocycles. The first-order valence-electron chi connectivity index (χ1n) is 7.87. The highest BCUT2D eigenvalue weighted by Gasteiger charge is 2.23. The Kier molecular flexibility index (Phi) is 4.28. The highest BCUT2D eigenvalue weighted by Crippen LogP contribution is 2.31. The lowest BCUT2D eigenvalue weighted by atomic mass is 10.1. The summed E-state index contributed by atoms with van der Waals surface area (Å²) in [6.07, 6.45) is 10.2. The van der Waals surface area contributed by atoms with Crippen LogP contribution in [0.2, 0.25) is 0 Å². The van der Waals surface area contributed by atoms with Crippen molar-refractivity contribution in [2.45, 2.75) is 57.5 Å². The van der Waals surface area contributed by atoms with Crippen LogP contribution in [0.1, 0.15) is 51.4 Å². The zero-order valence-electron chi connectivity index (χ0n) is 12.0. The van der Waals surface area contributed by atoms with Gasteiger partial charge in [-0.05, 0) is 50.5 Å². The van der Waals surface area contributed by atoms with Gasteiger partial charge >= 0.3 is 0 Å². The SMILES string of the molecule is Nc1ccc(OC2CCCCCC2)nc1OCC1CC1. The largest absolute Gasteiger partial charge is 0.476 e. The Morgan fingerprint density at radius 3 is 2.50 bits per heavy atom. The van der Waals surface area contributed by atoms with Crippen LogP contribution in [0, 0.1) is 5.92 Å². The average molecular weight is 276 g/mol. The van der Waals surface area contributed by atoms with Gasteiger partial charge in [-0.25, -0.2) is 0 Å². The van der Waals surface area contributed by atoms with E-state index in [1.165, 1.54) is 38.5 Å². The summed E-state index contributed by atoms with van der Waals surface area (Å²) in [7, 11) is 0. The molecule has 0 aliphatic heterocycles. The minimum atomic E-state index is 0.296. The van der Waals surface area contributed by atoms with Gasteiger partial charge in [-0.15, -0.1) is 0 Å². The van der Waals surface area contributed by atoms with Crippen molar-refractivity contribution in [2.24, 2.45) is 5.92 Å². The Morgan fingerprint density at radius 1 is 1.05 bits per heavy atom. The zero-order valence-corrected chi connectivity index (χ0v) is 12.0. The maximum Gasteiger partial charge on any atom is 0.240 e. The number of anilines is 1. The molecule has 0 amide bonds. The molecule has 1 aromatic rings. The molecule has 4 nitrogen and oxygen atoms in total. The van der Waals surface area contributed by atoms with Crippen LogP contribution in [-0.4, -0.2) is 17.7 Å². The number of rotatable bonds is 5. The van der Waals surface area contributed by atoms with Crippen LogP contribution in [0.4, 0.5) is 5.69 Å². The number of aromatic nitrogens is 1. The molecule has 2 N–H and O–H groups in total. The lowest BCUT2D eigenvalue weighted by Crippen LogP contribution is -2.16. The monoisotopic (exact) mass is 276 g/mol. The average Bonchev–Trinajstić information content (AvgIpc) is 3.27. The summed E-state index contributed by atoms with van der Waals surface area (Å²) in [5.41, 5.74) is 6.51. The molecule has 3 rings (SSSR count). The molecular weight excluding hydrogens is 252 g/mol. The zero-order chi connectivity index (χ0) is 13.8. The highest BCUT2D eigenvalue weighted by molar-refractivity contribution is 5.49. The topological polar surface area (TPSA) is 57.4 Å². The van der Waals surface area contributed by atoms with Crippen molar-refractivity contribution >= 4 is 5.69 Å². The van der Waals surface area contributed by atoms with Gasteiger partial charge in [0.2, 0.25) is 11.8 Å². The standard InChI is InChI=1S/C16H24N2O2/c17-14-9-10-15(18-16(14)19-11-12-7-8-12)20-13-5-3-1-2-4-6-13/h9-10,12-13H,1-8,11,17H2. The van der Waals surface area contributed by atoms with Crippen molar-refractivity contribution in [1.29, 1.82) is 0 Å². The Labute approximate surface area is 120 Å². The molecule has 2 fully saturated rings. The van der Waals surface area contributed by atoms with E-state index in [0.29, 0.717) is 29.5 Å². The van der Waals surface area contributed by atoms with Crippen LogP contribution in [0.25, 0.3) is 0 Å². The number of nitrogens with two attached hydrogens (primary N) is 1. The third kappa shape index (κ3) is 3.78. The minimum Gasteiger partial charge on any atom is -0.476 e. The molecule has 0 aromatic carbocycles. The molecule has 0 spiro atoms. The Bertz CT molecular complexity index is 438. The maximum absolute atomic E-state index is 6.01. The van der Waals surface area contributed by atoms with E-state index in [0.717, 1.165) is 19.4 Å². The normalized spacial score (nSPS) is 20.4. The second-order valence-electron chi connectivity index (χ2n) is 6.03. The predicted octanol–water partition coefficient (Wildman–Crippen LogP) is 3.55. The van der Waals surface area contributed by atoms with E-state index in [-0.39, 0.29) is 0 Å². The lowest BCUT2D eigenvalue weighted by Gasteiger charge is -2.17. The highest BCUT2D eigenvalue weighted by atomic mass is 16.5. The maximum atomic E-state index is 6.01. The molecule has 0 unspecified atom stereocenters. The second kappa shape index (κ2) is 6.33. The van der Waals surface area contributed by atoms with E-state index in [2.05, 4.69) is 4.98 Å². The van der Waals surface area contributed by atoms with Crippen molar-refractivity contribution in [1.82, 2.24) is 4.98 Å². The number of hydrogen-bond donors (Lipinski definition) is 1. The summed E-state index contributed by atoms with van der Waals surface area (Å²) in [6, 6.07) is 3.69. The van der Waals surface area contributed by atoms with Crippen molar-refractivity contribution in [3.63, 3.8) is 0 Å². The summed E-state index contributed by atoms with van der Waals surface area (Å²) in [5, 5.41) is 0. The molecule has 1 heterocycles. The first-order valence-corrected chi connectivity index (χ1v) is 7.87. The fraction of sp³-hybridized carbons (Fsp3) is 0.688. The fourth-order valence-corrected chi connectivity index (χ4v) is 2.63. The van der Waals surface area contributed by atoms with Crippen molar-refractivity contribution in [2.75, 3.05) is 12.3 Å². The van der Waals surface area contributed by atoms with Crippen LogP contribution in [-0.2, 0) is 0 Å². The molecule has 110 valence electrons. The van der Waals surface area contributed by atoms with E-state index >= 15 is 0 Å². The summed E-state index contributed by atoms with van der Waals surface area (Å²) in [6.45, 7) is 0.726. The number of nitrogen functional groups attached to an aromatic ring is 1.